The monoisotopic (exact) mass is 1830 g/mol. The van der Waals surface area contributed by atoms with Gasteiger partial charge in [0.2, 0.25) is 82.7 Å². The molecule has 39 nitrogen and oxygen atoms in total. The smallest absolute Gasteiger partial charge is 0.305 e. The van der Waals surface area contributed by atoms with E-state index >= 15 is 38.4 Å². The Bertz CT molecular complexity index is 4870. The van der Waals surface area contributed by atoms with Gasteiger partial charge in [0.1, 0.15) is 72.2 Å². The van der Waals surface area contributed by atoms with Crippen molar-refractivity contribution < 1.29 is 102 Å². The van der Waals surface area contributed by atoms with E-state index in [2.05, 4.69) is 52.5 Å². The molecule has 15 atom stereocenters. The maximum atomic E-state index is 15.7. The summed E-state index contributed by atoms with van der Waals surface area (Å²) in [4.78, 5) is 261. The molecule has 6 heterocycles. The average Bonchev–Trinajstić information content (AvgIpc) is 1.65. The van der Waals surface area contributed by atoms with Crippen molar-refractivity contribution in [2.75, 3.05) is 71.5 Å². The van der Waals surface area contributed by atoms with E-state index in [1.807, 2.05) is 26.0 Å². The van der Waals surface area contributed by atoms with Crippen molar-refractivity contribution in [3.05, 3.63) is 102 Å². The highest BCUT2D eigenvalue weighted by Gasteiger charge is 2.47. The Morgan fingerprint density at radius 1 is 0.554 bits per heavy atom. The van der Waals surface area contributed by atoms with Crippen LogP contribution < -0.4 is 59.7 Å². The third-order valence-electron chi connectivity index (χ3n) is 24.4. The van der Waals surface area contributed by atoms with E-state index < -0.39 is 248 Å². The summed E-state index contributed by atoms with van der Waals surface area (Å²) >= 11 is 0.793. The van der Waals surface area contributed by atoms with E-state index in [9.17, 15) is 63.6 Å². The molecule has 0 saturated carbocycles. The van der Waals surface area contributed by atoms with Gasteiger partial charge in [-0.2, -0.15) is 0 Å². The number of aromatic nitrogens is 2. The molecular formula is C90H126N18O21S. The number of hydrogen-bond donors (Lipinski definition) is 17. The molecule has 2 aromatic heterocycles. The Kier molecular flexibility index (Phi) is 38.1. The molecule has 0 radical (unpaired) electrons. The number of aliphatic hydroxyl groups is 2. The van der Waals surface area contributed by atoms with Gasteiger partial charge in [-0.05, 0) is 124 Å². The fourth-order valence-corrected chi connectivity index (χ4v) is 18.2. The highest BCUT2D eigenvalue weighted by atomic mass is 32.2. The quantitative estimate of drug-likeness (QED) is 0.0369. The van der Waals surface area contributed by atoms with E-state index in [0.717, 1.165) is 26.5 Å². The molecule has 130 heavy (non-hydrogen) atoms. The van der Waals surface area contributed by atoms with Gasteiger partial charge in [0.25, 0.3) is 0 Å². The van der Waals surface area contributed by atoms with Gasteiger partial charge in [-0.15, -0.1) is 11.8 Å². The number of unbranched alkanes of at least 4 members (excludes halogenated alkanes) is 2. The van der Waals surface area contributed by atoms with Crippen molar-refractivity contribution in [2.45, 2.75) is 235 Å². The van der Waals surface area contributed by atoms with Crippen LogP contribution in [0.5, 0.6) is 5.75 Å². The first-order chi connectivity index (χ1) is 62.1. The third-order valence-corrected chi connectivity index (χ3v) is 25.4. The lowest BCUT2D eigenvalue weighted by molar-refractivity contribution is -0.150. The summed E-state index contributed by atoms with van der Waals surface area (Å²) < 4.78 is 0. The molecule has 0 spiro atoms. The summed E-state index contributed by atoms with van der Waals surface area (Å²) in [5, 5.41) is 65.4. The van der Waals surface area contributed by atoms with Crippen LogP contribution >= 0.6 is 11.8 Å². The molecule has 4 fully saturated rings. The zero-order valence-corrected chi connectivity index (χ0v) is 75.2. The van der Waals surface area contributed by atoms with E-state index in [0.29, 0.717) is 64.2 Å². The number of nitrogens with one attached hydrogen (secondary N) is 10. The Hall–Kier alpha value is -11.9. The molecule has 708 valence electrons. The number of carboxylic acids is 1. The second-order valence-electron chi connectivity index (χ2n) is 34.5. The highest BCUT2D eigenvalue weighted by molar-refractivity contribution is 8.00. The number of ketones is 2. The van der Waals surface area contributed by atoms with Crippen LogP contribution in [0.2, 0.25) is 0 Å². The SMILES string of the molecule is CCCC[C@H]1C(=O)N(C)[C@@H](CCCC)C(=O)N[C@@H](CCCN)C(=O)N[C@H](C(=O)NCC(N)=O)CSCC(=O)N[C@@H](Cc2ccc(O)cc2)C(=O)N2CCC[C@H]2C(=O)N[C@@H](CC(=O)O)C(=O)N2CCC[C@H]2C(=O)N[C@@H](CN)C(=O)N[C@@H](CC(C)C)C(=O)N2C[C@@H](O)C[C@H]2C(=O)C[C@@H](Cc2c[nH]c3ccccc23)C(=O)N[C@@H](CO)C(=O)C[C@@H](Cc2c[nH]c3ccccc23)C(=O)N1C. The number of aromatic amines is 2. The van der Waals surface area contributed by atoms with Crippen molar-refractivity contribution in [1.29, 1.82) is 0 Å². The van der Waals surface area contributed by atoms with E-state index in [4.69, 9.17) is 17.2 Å². The van der Waals surface area contributed by atoms with Crippen molar-refractivity contribution in [3.8, 4) is 5.75 Å². The van der Waals surface area contributed by atoms with Crippen molar-refractivity contribution in [2.24, 2.45) is 35.0 Å². The Labute approximate surface area is 757 Å². The summed E-state index contributed by atoms with van der Waals surface area (Å²) in [6.07, 6.45) is 1.01. The zero-order chi connectivity index (χ0) is 94.7. The van der Waals surface area contributed by atoms with Gasteiger partial charge in [0.15, 0.2) is 11.6 Å². The average molecular weight is 1830 g/mol. The number of H-pyrrole nitrogens is 2. The first-order valence-electron chi connectivity index (χ1n) is 44.6. The van der Waals surface area contributed by atoms with E-state index in [-0.39, 0.29) is 115 Å². The van der Waals surface area contributed by atoms with Crippen molar-refractivity contribution in [1.82, 2.24) is 77.0 Å². The highest BCUT2D eigenvalue weighted by Crippen LogP contribution is 2.32. The number of carbonyl (C=O) groups is 17. The molecule has 5 aromatic rings. The molecule has 0 unspecified atom stereocenters. The van der Waals surface area contributed by atoms with Gasteiger partial charge < -0.3 is 115 Å². The topological polar surface area (TPSA) is 593 Å². The van der Waals surface area contributed by atoms with E-state index in [1.165, 1.54) is 48.2 Å². The minimum atomic E-state index is -1.85. The fraction of sp³-hybridized carbons (Fsp3) is 0.567. The van der Waals surface area contributed by atoms with Gasteiger partial charge in [-0.25, -0.2) is 0 Å². The number of phenols is 1. The van der Waals surface area contributed by atoms with Gasteiger partial charge in [-0.1, -0.05) is 102 Å². The molecule has 0 bridgehead atoms. The van der Waals surface area contributed by atoms with Crippen LogP contribution in [0.4, 0.5) is 0 Å². The lowest BCUT2D eigenvalue weighted by Gasteiger charge is -2.36. The predicted molar refractivity (Wildman–Crippen MR) is 479 cm³/mol. The molecule has 4 saturated heterocycles. The van der Waals surface area contributed by atoms with Gasteiger partial charge in [0.05, 0.1) is 37.5 Å². The number of amides is 14. The second kappa shape index (κ2) is 48.7. The largest absolute Gasteiger partial charge is 0.508 e. The maximum Gasteiger partial charge on any atom is 0.305 e. The molecule has 20 N–H and O–H groups in total. The van der Waals surface area contributed by atoms with Crippen LogP contribution in [0.3, 0.4) is 0 Å². The number of benzene rings is 3. The minimum absolute atomic E-state index is 0.0111. The number of aromatic hydroxyl groups is 1. The third kappa shape index (κ3) is 27.4. The van der Waals surface area contributed by atoms with Crippen LogP contribution in [0.25, 0.3) is 21.8 Å². The molecule has 4 aliphatic heterocycles. The fourth-order valence-electron chi connectivity index (χ4n) is 17.4. The van der Waals surface area contributed by atoms with Gasteiger partial charge in [0, 0.05) is 118 Å². The lowest BCUT2D eigenvalue weighted by atomic mass is 9.88. The number of rotatable bonds is 24. The number of nitrogens with two attached hydrogens (primary N) is 3. The zero-order valence-electron chi connectivity index (χ0n) is 74.4. The number of carbonyl (C=O) groups excluding carboxylic acids is 16. The first-order valence-corrected chi connectivity index (χ1v) is 45.8. The molecule has 40 heteroatoms. The summed E-state index contributed by atoms with van der Waals surface area (Å²) in [5.74, 6) is -19.5. The molecule has 14 amide bonds. The summed E-state index contributed by atoms with van der Waals surface area (Å²) in [7, 11) is 2.78. The standard InChI is InChI=1S/C90H126N18O21S/c1-7-9-23-69-83(122)98-62(22-15-31-91)81(120)103-68(80(119)96-45-76(93)114)48-130-49-77(115)97-64(35-51-27-29-56(110)30-28-51)87(126)106-32-16-25-70(106)84(123)100-65(41-78(116)117)88(127)107-33-17-26-71(107)85(124)101-66(42-92)82(121)99-63(34-50(3)4)89(128)108-46-57(111)40-73(108)75(113)38-52(36-54-43-94-60-20-13-11-18-58(54)60)79(118)102-67(47-109)74(112)39-53(37-55-44-95-61-21-14-12-19-59(55)61)86(125)105(6)72(24-10-8-2)90(129)104(69)5/h11-14,18-21,27-30,43-44,50,52-53,57,62-73,94-95,109-111H,7-10,15-17,22-26,31-42,45-49,91-92H2,1-6H3,(H2,93,114)(H,96,119)(H,97,115)(H,98,122)(H,99,121)(H,100,123)(H,101,124)(H,102,118)(H,103,120)(H,116,117)/t52-,53-,57+,62+,63+,64+,65+,66+,67+,68+,69+,70+,71+,72+,73+/m1/s1. The number of aliphatic carboxylic acids is 1. The Morgan fingerprint density at radius 2 is 1.08 bits per heavy atom. The van der Waals surface area contributed by atoms with Crippen molar-refractivity contribution in [3.63, 3.8) is 0 Å². The van der Waals surface area contributed by atoms with Crippen LogP contribution in [0.15, 0.2) is 85.2 Å². The maximum absolute atomic E-state index is 15.7. The number of fused-ring (bicyclic) bond motifs is 5. The predicted octanol–water partition coefficient (Wildman–Crippen LogP) is -0.536. The number of carboxylic acid groups (broad SMARTS) is 1. The van der Waals surface area contributed by atoms with Crippen LogP contribution in [0, 0.1) is 17.8 Å². The number of phenolic OH excluding ortho intramolecular Hbond substituents is 1. The molecule has 3 aromatic carbocycles. The summed E-state index contributed by atoms with van der Waals surface area (Å²) in [6, 6.07) is 2.01. The second-order valence-corrected chi connectivity index (χ2v) is 35.5. The summed E-state index contributed by atoms with van der Waals surface area (Å²) in [6.45, 7) is 4.32. The van der Waals surface area contributed by atoms with Gasteiger partial charge in [-0.3, -0.25) is 81.5 Å². The van der Waals surface area contributed by atoms with Crippen LogP contribution in [0.1, 0.15) is 154 Å². The minimum Gasteiger partial charge on any atom is -0.508 e. The number of Topliss-reactive ketones (excluding diaryl/α,β-unsaturated/α-hetero) is 2. The molecule has 0 aliphatic carbocycles. The number of primary amides is 1. The normalized spacial score (nSPS) is 25.9. The van der Waals surface area contributed by atoms with E-state index in [1.54, 1.807) is 62.6 Å². The van der Waals surface area contributed by atoms with Crippen molar-refractivity contribution >= 4 is 134 Å². The Balaban J connectivity index is 1.08. The van der Waals surface area contributed by atoms with Crippen LogP contribution in [-0.4, -0.2) is 305 Å². The number of thioether (sulfide) groups is 1. The lowest BCUT2D eigenvalue weighted by Crippen LogP contribution is -2.61. The number of para-hydroxylation sites is 2. The summed E-state index contributed by atoms with van der Waals surface area (Å²) in [5.41, 5.74) is 20.6. The number of likely N-dealkylation sites (N-methyl/N-ethyl adjacent to an activating group) is 2. The molecule has 9 rings (SSSR count). The number of nitrogens with zero attached hydrogens (tertiary/aromatic N) is 5. The number of aliphatic hydroxyl groups excluding tert-OH is 2. The molecular weight excluding hydrogens is 1700 g/mol. The number of hydrogen-bond acceptors (Lipinski definition) is 23. The van der Waals surface area contributed by atoms with Crippen LogP contribution in [-0.2, 0) is 101 Å². The molecule has 4 aliphatic rings. The first kappa shape index (κ1) is 102. The van der Waals surface area contributed by atoms with Gasteiger partial charge >= 0.3 is 5.97 Å². The Morgan fingerprint density at radius 3 is 1.65 bits per heavy atom.